The van der Waals surface area contributed by atoms with E-state index in [0.29, 0.717) is 18.6 Å². The highest BCUT2D eigenvalue weighted by Crippen LogP contribution is 2.33. The molecule has 6 heteroatoms. The number of aliphatic hydroxyl groups is 1. The minimum atomic E-state index is -0.392. The van der Waals surface area contributed by atoms with E-state index < -0.39 is 5.91 Å². The molecule has 0 aromatic heterocycles. The van der Waals surface area contributed by atoms with Crippen LogP contribution in [0.1, 0.15) is 51.5 Å². The number of hydrogen-bond donors (Lipinski definition) is 3. The largest absolute Gasteiger partial charge is 0.492 e. The number of benzene rings is 2. The van der Waals surface area contributed by atoms with E-state index in [1.165, 1.54) is 22.3 Å². The van der Waals surface area contributed by atoms with Gasteiger partial charge in [-0.15, -0.1) is 0 Å². The lowest BCUT2D eigenvalue weighted by Gasteiger charge is -2.22. The van der Waals surface area contributed by atoms with Crippen molar-refractivity contribution in [2.75, 3.05) is 37.7 Å². The summed E-state index contributed by atoms with van der Waals surface area (Å²) in [4.78, 5) is 14.3. The lowest BCUT2D eigenvalue weighted by atomic mass is 9.98. The van der Waals surface area contributed by atoms with Gasteiger partial charge in [-0.05, 0) is 75.3 Å². The minimum absolute atomic E-state index is 0.145. The lowest BCUT2D eigenvalue weighted by molar-refractivity contribution is 0.100. The molecule has 1 amide bonds. The van der Waals surface area contributed by atoms with E-state index in [4.69, 9.17) is 15.6 Å². The number of amides is 1. The number of rotatable bonds is 11. The maximum Gasteiger partial charge on any atom is 0.250 e. The number of fused-ring (bicyclic) bond motifs is 1. The van der Waals surface area contributed by atoms with Crippen molar-refractivity contribution in [1.82, 2.24) is 5.32 Å². The van der Waals surface area contributed by atoms with Gasteiger partial charge in [-0.3, -0.25) is 4.79 Å². The van der Waals surface area contributed by atoms with Crippen molar-refractivity contribution in [2.24, 2.45) is 5.73 Å². The molecule has 4 N–H and O–H groups in total. The molecule has 0 saturated carbocycles. The van der Waals surface area contributed by atoms with Crippen LogP contribution in [0, 0.1) is 20.8 Å². The Morgan fingerprint density at radius 2 is 1.94 bits per heavy atom. The zero-order valence-corrected chi connectivity index (χ0v) is 19.8. The highest BCUT2D eigenvalue weighted by molar-refractivity contribution is 6.00. The molecule has 174 valence electrons. The fourth-order valence-electron chi connectivity index (χ4n) is 4.76. The van der Waals surface area contributed by atoms with E-state index in [1.54, 1.807) is 0 Å². The maximum absolute atomic E-state index is 12.2. The summed E-state index contributed by atoms with van der Waals surface area (Å²) in [7, 11) is 0. The lowest BCUT2D eigenvalue weighted by Crippen LogP contribution is -2.32. The van der Waals surface area contributed by atoms with Gasteiger partial charge >= 0.3 is 0 Å². The van der Waals surface area contributed by atoms with Crippen LogP contribution in [-0.2, 0) is 12.8 Å². The van der Waals surface area contributed by atoms with Gasteiger partial charge < -0.3 is 25.8 Å². The Bertz CT molecular complexity index is 935. The van der Waals surface area contributed by atoms with Gasteiger partial charge in [-0.2, -0.15) is 0 Å². The van der Waals surface area contributed by atoms with Crippen LogP contribution < -0.4 is 20.7 Å². The number of carbonyl (C=O) groups excluding carboxylic acids is 1. The van der Waals surface area contributed by atoms with Crippen LogP contribution in [0.15, 0.2) is 24.3 Å². The normalized spacial score (nSPS) is 13.8. The van der Waals surface area contributed by atoms with Gasteiger partial charge in [-0.1, -0.05) is 23.8 Å². The van der Waals surface area contributed by atoms with Crippen LogP contribution in [0.5, 0.6) is 5.75 Å². The van der Waals surface area contributed by atoms with Crippen LogP contribution in [0.2, 0.25) is 0 Å². The number of nitrogens with two attached hydrogens (primary N) is 1. The number of aryl methyl sites for hydroxylation is 3. The molecule has 0 fully saturated rings. The molecule has 32 heavy (non-hydrogen) atoms. The monoisotopic (exact) mass is 439 g/mol. The van der Waals surface area contributed by atoms with Crippen LogP contribution in [0.3, 0.4) is 0 Å². The Morgan fingerprint density at radius 3 is 2.59 bits per heavy atom. The highest BCUT2D eigenvalue weighted by atomic mass is 16.5. The summed E-state index contributed by atoms with van der Waals surface area (Å²) < 4.78 is 6.03. The fourth-order valence-corrected chi connectivity index (χ4v) is 4.76. The zero-order chi connectivity index (χ0) is 23.3. The molecular weight excluding hydrogens is 402 g/mol. The highest BCUT2D eigenvalue weighted by Gasteiger charge is 2.25. The van der Waals surface area contributed by atoms with Crippen LogP contribution in [0.4, 0.5) is 5.69 Å². The first-order chi connectivity index (χ1) is 15.3. The number of anilines is 1. The Kier molecular flexibility index (Phi) is 8.15. The van der Waals surface area contributed by atoms with Gasteiger partial charge in [0.1, 0.15) is 12.4 Å². The Balaban J connectivity index is 1.58. The van der Waals surface area contributed by atoms with E-state index in [-0.39, 0.29) is 12.6 Å². The smallest absolute Gasteiger partial charge is 0.250 e. The minimum Gasteiger partial charge on any atom is -0.492 e. The second kappa shape index (κ2) is 10.8. The average molecular weight is 440 g/mol. The zero-order valence-electron chi connectivity index (χ0n) is 19.8. The number of hydrogen-bond acceptors (Lipinski definition) is 5. The SMILES string of the molecule is Cc1cc(C)c(OCCN[C@H](C)Cc2cc3c(c(C(N)=O)c2)N(CCCO)CC3)c(C)c1. The van der Waals surface area contributed by atoms with Crippen LogP contribution >= 0.6 is 0 Å². The number of carbonyl (C=O) groups is 1. The van der Waals surface area contributed by atoms with Crippen molar-refractivity contribution in [3.05, 3.63) is 57.6 Å². The topological polar surface area (TPSA) is 87.8 Å². The Morgan fingerprint density at radius 1 is 1.22 bits per heavy atom. The average Bonchev–Trinajstić information content (AvgIpc) is 3.13. The van der Waals surface area contributed by atoms with Crippen molar-refractivity contribution >= 4 is 11.6 Å². The predicted molar refractivity (Wildman–Crippen MR) is 130 cm³/mol. The van der Waals surface area contributed by atoms with Crippen LogP contribution in [0.25, 0.3) is 0 Å². The summed E-state index contributed by atoms with van der Waals surface area (Å²) >= 11 is 0. The van der Waals surface area contributed by atoms with Crippen molar-refractivity contribution < 1.29 is 14.6 Å². The molecule has 1 atom stereocenters. The molecule has 1 heterocycles. The van der Waals surface area contributed by atoms with E-state index >= 15 is 0 Å². The first-order valence-corrected chi connectivity index (χ1v) is 11.6. The molecule has 0 bridgehead atoms. The summed E-state index contributed by atoms with van der Waals surface area (Å²) in [5.41, 5.74) is 13.1. The van der Waals surface area contributed by atoms with Gasteiger partial charge in [0.2, 0.25) is 0 Å². The van der Waals surface area contributed by atoms with Crippen LogP contribution in [-0.4, -0.2) is 49.9 Å². The molecule has 0 spiro atoms. The standard InChI is InChI=1S/C26H37N3O3/c1-17-12-18(2)25(19(3)13-17)32-11-7-28-20(4)14-21-15-22-6-9-29(8-5-10-30)24(22)23(16-21)26(27)31/h12-13,15-16,20,28,30H,5-11,14H2,1-4H3,(H2,27,31)/t20-/m1/s1. The number of aliphatic hydroxyl groups excluding tert-OH is 1. The second-order valence-electron chi connectivity index (χ2n) is 8.97. The van der Waals surface area contributed by atoms with Gasteiger partial charge in [-0.25, -0.2) is 0 Å². The van der Waals surface area contributed by atoms with E-state index in [9.17, 15) is 4.79 Å². The van der Waals surface area contributed by atoms with Crippen molar-refractivity contribution in [3.8, 4) is 5.75 Å². The molecule has 3 rings (SSSR count). The third-order valence-electron chi connectivity index (χ3n) is 6.06. The number of nitrogens with zero attached hydrogens (tertiary/aromatic N) is 1. The van der Waals surface area contributed by atoms with Crippen molar-refractivity contribution in [2.45, 2.75) is 53.0 Å². The number of nitrogens with one attached hydrogen (secondary N) is 1. The van der Waals surface area contributed by atoms with Crippen molar-refractivity contribution in [3.63, 3.8) is 0 Å². The molecule has 0 radical (unpaired) electrons. The molecule has 2 aromatic carbocycles. The molecule has 0 saturated heterocycles. The molecule has 1 aliphatic heterocycles. The maximum atomic E-state index is 12.2. The van der Waals surface area contributed by atoms with E-state index in [1.807, 2.05) is 6.07 Å². The van der Waals surface area contributed by atoms with Gasteiger partial charge in [0.25, 0.3) is 5.91 Å². The third kappa shape index (κ3) is 5.81. The van der Waals surface area contributed by atoms with E-state index in [2.05, 4.69) is 56.1 Å². The summed E-state index contributed by atoms with van der Waals surface area (Å²) in [5.74, 6) is 0.581. The van der Waals surface area contributed by atoms with Gasteiger partial charge in [0, 0.05) is 32.3 Å². The molecule has 2 aromatic rings. The second-order valence-corrected chi connectivity index (χ2v) is 8.97. The molecule has 0 unspecified atom stereocenters. The first-order valence-electron chi connectivity index (χ1n) is 11.6. The first kappa shape index (κ1) is 24.1. The van der Waals surface area contributed by atoms with Gasteiger partial charge in [0.15, 0.2) is 0 Å². The quantitative estimate of drug-likeness (QED) is 0.469. The summed E-state index contributed by atoms with van der Waals surface area (Å²) in [6.07, 6.45) is 2.40. The molecule has 0 aliphatic carbocycles. The number of ether oxygens (including phenoxy) is 1. The predicted octanol–water partition coefficient (Wildman–Crippen LogP) is 3.06. The molecule has 6 nitrogen and oxygen atoms in total. The fraction of sp³-hybridized carbons (Fsp3) is 0.500. The van der Waals surface area contributed by atoms with E-state index in [0.717, 1.165) is 49.5 Å². The molecule has 1 aliphatic rings. The summed E-state index contributed by atoms with van der Waals surface area (Å²) in [6, 6.07) is 8.67. The number of primary amides is 1. The third-order valence-corrected chi connectivity index (χ3v) is 6.06. The molecular formula is C26H37N3O3. The Labute approximate surface area is 191 Å². The summed E-state index contributed by atoms with van der Waals surface area (Å²) in [6.45, 7) is 11.5. The van der Waals surface area contributed by atoms with Crippen molar-refractivity contribution in [1.29, 1.82) is 0 Å². The Hall–Kier alpha value is -2.57. The summed E-state index contributed by atoms with van der Waals surface area (Å²) in [5, 5.41) is 12.7. The van der Waals surface area contributed by atoms with Gasteiger partial charge in [0.05, 0.1) is 11.3 Å².